The quantitative estimate of drug-likeness (QED) is 0.672. The van der Waals surface area contributed by atoms with Crippen molar-refractivity contribution in [1.29, 1.82) is 0 Å². The summed E-state index contributed by atoms with van der Waals surface area (Å²) in [7, 11) is -3.56. The summed E-state index contributed by atoms with van der Waals surface area (Å²) in [5.41, 5.74) is 0.646. The highest BCUT2D eigenvalue weighted by Gasteiger charge is 2.24. The summed E-state index contributed by atoms with van der Waals surface area (Å²) in [4.78, 5) is 0. The zero-order valence-corrected chi connectivity index (χ0v) is 14.3. The summed E-state index contributed by atoms with van der Waals surface area (Å²) in [6.45, 7) is 8.84. The molecule has 20 heavy (non-hydrogen) atoms. The Hall–Kier alpha value is -0.570. The number of nitrogens with one attached hydrogen (secondary N) is 3. The lowest BCUT2D eigenvalue weighted by molar-refractivity contribution is 0.557. The Morgan fingerprint density at radius 3 is 2.65 bits per heavy atom. The van der Waals surface area contributed by atoms with Crippen LogP contribution in [0.2, 0.25) is 0 Å². The van der Waals surface area contributed by atoms with E-state index in [4.69, 9.17) is 0 Å². The van der Waals surface area contributed by atoms with E-state index < -0.39 is 10.0 Å². The van der Waals surface area contributed by atoms with Crippen LogP contribution in [0.3, 0.4) is 0 Å². The Labute approximate surface area is 125 Å². The number of nitrogens with zero attached hydrogens (tertiary/aromatic N) is 1. The molecule has 1 aromatic rings. The fourth-order valence-corrected chi connectivity index (χ4v) is 3.03. The van der Waals surface area contributed by atoms with Gasteiger partial charge in [-0.05, 0) is 20.1 Å². The number of H-pyrrole nitrogens is 1. The second-order valence-electron chi connectivity index (χ2n) is 5.55. The monoisotopic (exact) mass is 320 g/mol. The van der Waals surface area contributed by atoms with Crippen LogP contribution in [0.1, 0.15) is 33.3 Å². The summed E-state index contributed by atoms with van der Waals surface area (Å²) in [6, 6.07) is 0.281. The third-order valence-electron chi connectivity index (χ3n) is 2.89. The van der Waals surface area contributed by atoms with Gasteiger partial charge in [-0.1, -0.05) is 13.8 Å². The molecule has 0 radical (unpaired) electrons. The molecule has 0 aromatic carbocycles. The van der Waals surface area contributed by atoms with Gasteiger partial charge in [0.05, 0.1) is 6.20 Å². The van der Waals surface area contributed by atoms with Crippen molar-refractivity contribution in [3.05, 3.63) is 11.8 Å². The molecule has 0 saturated heterocycles. The van der Waals surface area contributed by atoms with E-state index in [-0.39, 0.29) is 15.8 Å². The van der Waals surface area contributed by atoms with E-state index in [0.29, 0.717) is 18.7 Å². The lowest BCUT2D eigenvalue weighted by Crippen LogP contribution is -2.36. The molecular weight excluding hydrogens is 296 g/mol. The normalized spacial score (nSPS) is 13.1. The van der Waals surface area contributed by atoms with E-state index in [1.165, 1.54) is 0 Å². The molecule has 0 amide bonds. The molecule has 0 aliphatic carbocycles. The fourth-order valence-electron chi connectivity index (χ4n) is 1.39. The van der Waals surface area contributed by atoms with Crippen LogP contribution >= 0.6 is 11.8 Å². The van der Waals surface area contributed by atoms with E-state index in [0.717, 1.165) is 0 Å². The zero-order valence-electron chi connectivity index (χ0n) is 12.6. The summed E-state index contributed by atoms with van der Waals surface area (Å²) < 4.78 is 27.1. The molecule has 0 aliphatic rings. The molecule has 8 heteroatoms. The standard InChI is InChI=1S/C12H24N4O2S2/c1-9(2)13-6-10-7-14-16-11(10)20(17,18)15-8-12(3,4)19-5/h7,9,13,15H,6,8H2,1-5H3,(H,14,16). The Kier molecular flexibility index (Phi) is 6.06. The molecule has 116 valence electrons. The number of aromatic nitrogens is 2. The van der Waals surface area contributed by atoms with E-state index in [2.05, 4.69) is 20.2 Å². The number of aromatic amines is 1. The van der Waals surface area contributed by atoms with Crippen molar-refractivity contribution in [3.63, 3.8) is 0 Å². The van der Waals surface area contributed by atoms with E-state index >= 15 is 0 Å². The van der Waals surface area contributed by atoms with Crippen LogP contribution in [-0.4, -0.2) is 42.2 Å². The van der Waals surface area contributed by atoms with Crippen LogP contribution in [0.4, 0.5) is 0 Å². The first-order chi connectivity index (χ1) is 9.18. The van der Waals surface area contributed by atoms with Gasteiger partial charge in [0.2, 0.25) is 0 Å². The maximum atomic E-state index is 12.3. The molecule has 1 heterocycles. The maximum Gasteiger partial charge on any atom is 0.257 e. The van der Waals surface area contributed by atoms with Crippen LogP contribution in [0.15, 0.2) is 11.2 Å². The highest BCUT2D eigenvalue weighted by atomic mass is 32.2. The predicted molar refractivity (Wildman–Crippen MR) is 83.3 cm³/mol. The first-order valence-electron chi connectivity index (χ1n) is 6.48. The molecule has 0 fully saturated rings. The number of hydrogen-bond acceptors (Lipinski definition) is 5. The third kappa shape index (κ3) is 5.08. The van der Waals surface area contributed by atoms with Gasteiger partial charge in [0.15, 0.2) is 5.03 Å². The van der Waals surface area contributed by atoms with Gasteiger partial charge in [-0.2, -0.15) is 16.9 Å². The molecule has 0 bridgehead atoms. The topological polar surface area (TPSA) is 86.9 Å². The first-order valence-corrected chi connectivity index (χ1v) is 9.19. The van der Waals surface area contributed by atoms with Crippen molar-refractivity contribution >= 4 is 21.8 Å². The lowest BCUT2D eigenvalue weighted by atomic mass is 10.2. The van der Waals surface area contributed by atoms with Crippen molar-refractivity contribution in [2.24, 2.45) is 0 Å². The van der Waals surface area contributed by atoms with Crippen LogP contribution in [0.25, 0.3) is 0 Å². The SMILES string of the molecule is CSC(C)(C)CNS(=O)(=O)c1[nH]ncc1CNC(C)C. The van der Waals surface area contributed by atoms with E-state index in [1.807, 2.05) is 34.0 Å². The summed E-state index contributed by atoms with van der Waals surface area (Å²) >= 11 is 1.62. The van der Waals surface area contributed by atoms with Crippen LogP contribution in [-0.2, 0) is 16.6 Å². The largest absolute Gasteiger partial charge is 0.310 e. The van der Waals surface area contributed by atoms with E-state index in [1.54, 1.807) is 18.0 Å². The summed E-state index contributed by atoms with van der Waals surface area (Å²) in [5, 5.41) is 9.75. The molecule has 0 atom stereocenters. The van der Waals surface area contributed by atoms with Gasteiger partial charge < -0.3 is 5.32 Å². The molecule has 6 nitrogen and oxygen atoms in total. The Morgan fingerprint density at radius 2 is 2.10 bits per heavy atom. The molecule has 0 spiro atoms. The van der Waals surface area contributed by atoms with E-state index in [9.17, 15) is 8.42 Å². The van der Waals surface area contributed by atoms with Crippen molar-refractivity contribution in [2.45, 2.75) is 50.1 Å². The Morgan fingerprint density at radius 1 is 1.45 bits per heavy atom. The predicted octanol–water partition coefficient (Wildman–Crippen LogP) is 1.33. The lowest BCUT2D eigenvalue weighted by Gasteiger charge is -2.22. The molecule has 0 saturated carbocycles. The molecule has 0 aliphatic heterocycles. The van der Waals surface area contributed by atoms with Gasteiger partial charge in [0.1, 0.15) is 0 Å². The van der Waals surface area contributed by atoms with Gasteiger partial charge in [-0.25, -0.2) is 13.1 Å². The Balaban J connectivity index is 2.80. The first kappa shape index (κ1) is 17.5. The average Bonchev–Trinajstić information content (AvgIpc) is 2.83. The van der Waals surface area contributed by atoms with Crippen molar-refractivity contribution in [2.75, 3.05) is 12.8 Å². The molecule has 0 unspecified atom stereocenters. The van der Waals surface area contributed by atoms with Gasteiger partial charge in [-0.3, -0.25) is 5.10 Å². The fraction of sp³-hybridized carbons (Fsp3) is 0.750. The Bertz CT molecular complexity index is 523. The van der Waals surface area contributed by atoms with Gasteiger partial charge in [0.25, 0.3) is 10.0 Å². The van der Waals surface area contributed by atoms with Crippen molar-refractivity contribution in [1.82, 2.24) is 20.2 Å². The van der Waals surface area contributed by atoms with Crippen LogP contribution < -0.4 is 10.0 Å². The number of thioether (sulfide) groups is 1. The smallest absolute Gasteiger partial charge is 0.257 e. The second-order valence-corrected chi connectivity index (χ2v) is 8.77. The van der Waals surface area contributed by atoms with Gasteiger partial charge >= 0.3 is 0 Å². The number of hydrogen-bond donors (Lipinski definition) is 3. The molecule has 3 N–H and O–H groups in total. The molecule has 1 aromatic heterocycles. The highest BCUT2D eigenvalue weighted by Crippen LogP contribution is 2.21. The minimum absolute atomic E-state index is 0.141. The minimum atomic E-state index is -3.56. The van der Waals surface area contributed by atoms with Crippen LogP contribution in [0.5, 0.6) is 0 Å². The number of sulfonamides is 1. The summed E-state index contributed by atoms with van der Waals surface area (Å²) in [5.74, 6) is 0. The average molecular weight is 320 g/mol. The zero-order chi connectivity index (χ0) is 15.4. The molecular formula is C12H24N4O2S2. The minimum Gasteiger partial charge on any atom is -0.310 e. The maximum absolute atomic E-state index is 12.3. The second kappa shape index (κ2) is 6.93. The van der Waals surface area contributed by atoms with Crippen LogP contribution in [0, 0.1) is 0 Å². The van der Waals surface area contributed by atoms with Crippen molar-refractivity contribution in [3.8, 4) is 0 Å². The molecule has 1 rings (SSSR count). The highest BCUT2D eigenvalue weighted by molar-refractivity contribution is 8.00. The number of rotatable bonds is 8. The third-order valence-corrected chi connectivity index (χ3v) is 5.55. The summed E-state index contributed by atoms with van der Waals surface area (Å²) in [6.07, 6.45) is 3.51. The van der Waals surface area contributed by atoms with Gasteiger partial charge in [-0.15, -0.1) is 0 Å². The van der Waals surface area contributed by atoms with Gasteiger partial charge in [0, 0.05) is 29.4 Å². The van der Waals surface area contributed by atoms with Crippen molar-refractivity contribution < 1.29 is 8.42 Å².